The van der Waals surface area contributed by atoms with Gasteiger partial charge in [0.25, 0.3) is 0 Å². The second-order valence-corrected chi connectivity index (χ2v) is 10.1. The Labute approximate surface area is 183 Å². The number of nitrogens with zero attached hydrogens (tertiary/aromatic N) is 1. The third-order valence-corrected chi connectivity index (χ3v) is 7.78. The molecule has 0 bridgehead atoms. The molecule has 1 aliphatic rings. The number of benzene rings is 2. The van der Waals surface area contributed by atoms with Crippen LogP contribution in [0, 0.1) is 0 Å². The Hall–Kier alpha value is -2.09. The van der Waals surface area contributed by atoms with Gasteiger partial charge in [0.15, 0.2) is 0 Å². The molecule has 0 radical (unpaired) electrons. The summed E-state index contributed by atoms with van der Waals surface area (Å²) >= 11 is 5.84. The van der Waals surface area contributed by atoms with E-state index in [-0.39, 0.29) is 29.0 Å². The highest BCUT2D eigenvalue weighted by molar-refractivity contribution is 7.89. The number of halogens is 1. The molecule has 0 unspecified atom stereocenters. The van der Waals surface area contributed by atoms with E-state index in [1.54, 1.807) is 0 Å². The van der Waals surface area contributed by atoms with Gasteiger partial charge in [-0.05, 0) is 43.2 Å². The monoisotopic (exact) mass is 450 g/mol. The molecule has 0 aromatic heterocycles. The van der Waals surface area contributed by atoms with Gasteiger partial charge in [-0.1, -0.05) is 43.6 Å². The summed E-state index contributed by atoms with van der Waals surface area (Å²) < 4.78 is 32.8. The van der Waals surface area contributed by atoms with Gasteiger partial charge in [-0.15, -0.1) is 0 Å². The van der Waals surface area contributed by atoms with Crippen LogP contribution < -0.4 is 10.1 Å². The van der Waals surface area contributed by atoms with Crippen molar-refractivity contribution in [2.45, 2.75) is 49.6 Å². The van der Waals surface area contributed by atoms with Crippen molar-refractivity contribution >= 4 is 27.5 Å². The van der Waals surface area contributed by atoms with E-state index in [2.05, 4.69) is 19.2 Å². The number of carbonyl (C=O) groups excluding carboxylic acids is 1. The van der Waals surface area contributed by atoms with Gasteiger partial charge in [0, 0.05) is 24.1 Å². The maximum atomic E-state index is 12.8. The highest BCUT2D eigenvalue weighted by Crippen LogP contribution is 2.42. The summed E-state index contributed by atoms with van der Waals surface area (Å²) in [6.45, 7) is 3.86. The Morgan fingerprint density at radius 3 is 2.43 bits per heavy atom. The zero-order valence-electron chi connectivity index (χ0n) is 17.4. The number of para-hydroxylation sites is 1. The van der Waals surface area contributed by atoms with Crippen LogP contribution in [-0.2, 0) is 14.8 Å². The predicted octanol–water partition coefficient (Wildman–Crippen LogP) is 4.16. The molecule has 1 atom stereocenters. The number of hydrogen-bond donors (Lipinski definition) is 1. The summed E-state index contributed by atoms with van der Waals surface area (Å²) in [7, 11) is -2.40. The molecule has 30 heavy (non-hydrogen) atoms. The molecular weight excluding hydrogens is 424 g/mol. The van der Waals surface area contributed by atoms with Crippen LogP contribution in [0.25, 0.3) is 0 Å². The van der Waals surface area contributed by atoms with E-state index in [1.807, 2.05) is 24.3 Å². The Bertz CT molecular complexity index is 1000. The molecule has 3 rings (SSSR count). The minimum atomic E-state index is -3.80. The zero-order valence-corrected chi connectivity index (χ0v) is 19.0. The molecule has 1 heterocycles. The van der Waals surface area contributed by atoms with Gasteiger partial charge in [-0.3, -0.25) is 4.79 Å². The van der Waals surface area contributed by atoms with E-state index in [4.69, 9.17) is 16.3 Å². The third-order valence-electron chi connectivity index (χ3n) is 5.71. The fraction of sp³-hybridized carbons (Fsp3) is 0.409. The van der Waals surface area contributed by atoms with E-state index < -0.39 is 10.0 Å². The number of carbonyl (C=O) groups is 1. The summed E-state index contributed by atoms with van der Waals surface area (Å²) in [6, 6.07) is 13.3. The molecule has 1 N–H and O–H groups in total. The SMILES string of the molecule is CCC1(CC)C[C@H](NC(=O)CN(C)S(=O)(=O)c2ccc(Cl)cc2)c2ccccc2O1. The standard InChI is InChI=1S/C22H27ClN2O4S/c1-4-22(5-2)14-19(18-8-6-7-9-20(18)29-22)24-21(26)15-25(3)30(27,28)17-12-10-16(23)11-13-17/h6-13,19H,4-5,14-15H2,1-3H3,(H,24,26)/t19-/m0/s1. The molecule has 162 valence electrons. The van der Waals surface area contributed by atoms with Crippen LogP contribution in [0.2, 0.25) is 5.02 Å². The lowest BCUT2D eigenvalue weighted by atomic mass is 9.83. The minimum Gasteiger partial charge on any atom is -0.487 e. The van der Waals surface area contributed by atoms with E-state index in [0.717, 1.165) is 28.5 Å². The molecule has 0 saturated carbocycles. The fourth-order valence-corrected chi connectivity index (χ4v) is 5.00. The maximum absolute atomic E-state index is 12.8. The van der Waals surface area contributed by atoms with Crippen LogP contribution >= 0.6 is 11.6 Å². The lowest BCUT2D eigenvalue weighted by Crippen LogP contribution is -2.46. The van der Waals surface area contributed by atoms with Crippen molar-refractivity contribution in [3.05, 3.63) is 59.1 Å². The molecule has 1 aliphatic heterocycles. The number of hydrogen-bond acceptors (Lipinski definition) is 4. The molecule has 8 heteroatoms. The van der Waals surface area contributed by atoms with Crippen LogP contribution in [0.1, 0.15) is 44.7 Å². The van der Waals surface area contributed by atoms with Gasteiger partial charge < -0.3 is 10.1 Å². The van der Waals surface area contributed by atoms with Crippen LogP contribution in [-0.4, -0.2) is 37.8 Å². The molecule has 0 spiro atoms. The number of nitrogens with one attached hydrogen (secondary N) is 1. The summed E-state index contributed by atoms with van der Waals surface area (Å²) in [4.78, 5) is 12.9. The van der Waals surface area contributed by atoms with Crippen molar-refractivity contribution in [2.24, 2.45) is 0 Å². The highest BCUT2D eigenvalue weighted by Gasteiger charge is 2.39. The summed E-state index contributed by atoms with van der Waals surface area (Å²) in [5.74, 6) is 0.401. The van der Waals surface area contributed by atoms with E-state index in [0.29, 0.717) is 11.4 Å². The van der Waals surface area contributed by atoms with Gasteiger partial charge in [0.2, 0.25) is 15.9 Å². The van der Waals surface area contributed by atoms with Crippen LogP contribution in [0.3, 0.4) is 0 Å². The number of ether oxygens (including phenoxy) is 1. The largest absolute Gasteiger partial charge is 0.487 e. The predicted molar refractivity (Wildman–Crippen MR) is 117 cm³/mol. The lowest BCUT2D eigenvalue weighted by Gasteiger charge is -2.41. The Balaban J connectivity index is 1.76. The maximum Gasteiger partial charge on any atom is 0.243 e. The number of fused-ring (bicyclic) bond motifs is 1. The topological polar surface area (TPSA) is 75.7 Å². The Morgan fingerprint density at radius 1 is 1.17 bits per heavy atom. The summed E-state index contributed by atoms with van der Waals surface area (Å²) in [5, 5.41) is 3.46. The van der Waals surface area contributed by atoms with Gasteiger partial charge >= 0.3 is 0 Å². The fourth-order valence-electron chi connectivity index (χ4n) is 3.74. The number of sulfonamides is 1. The minimum absolute atomic E-state index is 0.0922. The molecule has 0 fully saturated rings. The van der Waals surface area contributed by atoms with Crippen LogP contribution in [0.4, 0.5) is 0 Å². The highest BCUT2D eigenvalue weighted by atomic mass is 35.5. The summed E-state index contributed by atoms with van der Waals surface area (Å²) in [6.07, 6.45) is 2.26. The second-order valence-electron chi connectivity index (χ2n) is 7.57. The first-order chi connectivity index (χ1) is 14.2. The van der Waals surface area contributed by atoms with E-state index in [1.165, 1.54) is 31.3 Å². The second kappa shape index (κ2) is 8.96. The first-order valence-electron chi connectivity index (χ1n) is 10.00. The average molecular weight is 451 g/mol. The molecule has 2 aromatic rings. The quantitative estimate of drug-likeness (QED) is 0.687. The van der Waals surface area contributed by atoms with Crippen molar-refractivity contribution in [3.63, 3.8) is 0 Å². The van der Waals surface area contributed by atoms with Crippen molar-refractivity contribution < 1.29 is 17.9 Å². The smallest absolute Gasteiger partial charge is 0.243 e. The zero-order chi connectivity index (χ0) is 21.9. The summed E-state index contributed by atoms with van der Waals surface area (Å²) in [5.41, 5.74) is 0.555. The number of likely N-dealkylation sites (N-methyl/N-ethyl adjacent to an activating group) is 1. The average Bonchev–Trinajstić information content (AvgIpc) is 2.73. The van der Waals surface area contributed by atoms with Crippen molar-refractivity contribution in [1.82, 2.24) is 9.62 Å². The number of amides is 1. The molecule has 1 amide bonds. The van der Waals surface area contributed by atoms with Gasteiger partial charge in [-0.2, -0.15) is 4.31 Å². The van der Waals surface area contributed by atoms with Crippen molar-refractivity contribution in [3.8, 4) is 5.75 Å². The molecule has 6 nitrogen and oxygen atoms in total. The number of rotatable bonds is 7. The third kappa shape index (κ3) is 4.63. The van der Waals surface area contributed by atoms with Crippen molar-refractivity contribution in [2.75, 3.05) is 13.6 Å². The molecular formula is C22H27ClN2O4S. The van der Waals surface area contributed by atoms with Gasteiger partial charge in [0.1, 0.15) is 11.4 Å². The molecule has 0 saturated heterocycles. The van der Waals surface area contributed by atoms with E-state index in [9.17, 15) is 13.2 Å². The van der Waals surface area contributed by atoms with E-state index >= 15 is 0 Å². The van der Waals surface area contributed by atoms with Gasteiger partial charge in [-0.25, -0.2) is 8.42 Å². The van der Waals surface area contributed by atoms with Crippen LogP contribution in [0.5, 0.6) is 5.75 Å². The Morgan fingerprint density at radius 2 is 1.80 bits per heavy atom. The molecule has 2 aromatic carbocycles. The molecule has 0 aliphatic carbocycles. The lowest BCUT2D eigenvalue weighted by molar-refractivity contribution is -0.122. The normalized spacial score (nSPS) is 17.8. The Kier molecular flexibility index (Phi) is 6.75. The van der Waals surface area contributed by atoms with Crippen molar-refractivity contribution in [1.29, 1.82) is 0 Å². The van der Waals surface area contributed by atoms with Crippen LogP contribution in [0.15, 0.2) is 53.4 Å². The van der Waals surface area contributed by atoms with Gasteiger partial charge in [0.05, 0.1) is 17.5 Å². The first kappa shape index (κ1) is 22.6. The first-order valence-corrected chi connectivity index (χ1v) is 11.8.